The summed E-state index contributed by atoms with van der Waals surface area (Å²) in [6, 6.07) is 17.8. The van der Waals surface area contributed by atoms with Crippen molar-refractivity contribution in [3.63, 3.8) is 0 Å². The second-order valence-electron chi connectivity index (χ2n) is 17.1. The highest BCUT2D eigenvalue weighted by molar-refractivity contribution is 5.88. The lowest BCUT2D eigenvalue weighted by Gasteiger charge is -2.68. The first-order chi connectivity index (χ1) is 27.4. The first-order valence-corrected chi connectivity index (χ1v) is 21.1. The molecule has 0 heterocycles. The third kappa shape index (κ3) is 9.56. The highest BCUT2D eigenvalue weighted by Gasteiger charge is 2.66. The first kappa shape index (κ1) is 48.5. The van der Waals surface area contributed by atoms with Gasteiger partial charge in [-0.25, -0.2) is 4.79 Å². The van der Waals surface area contributed by atoms with Gasteiger partial charge in [0.25, 0.3) is 0 Å². The van der Waals surface area contributed by atoms with Crippen molar-refractivity contribution in [2.45, 2.75) is 113 Å². The lowest BCUT2D eigenvalue weighted by Crippen LogP contribution is -2.62. The Bertz CT molecular complexity index is 1670. The molecule has 57 heavy (non-hydrogen) atoms. The molecule has 5 nitrogen and oxygen atoms in total. The van der Waals surface area contributed by atoms with Gasteiger partial charge in [-0.1, -0.05) is 90.4 Å². The van der Waals surface area contributed by atoms with Gasteiger partial charge in [-0.2, -0.15) is 0 Å². The van der Waals surface area contributed by atoms with E-state index in [-0.39, 0.29) is 16.2 Å². The number of allylic oxidation sites excluding steroid dienone is 3. The first-order valence-electron chi connectivity index (χ1n) is 21.1. The Kier molecular flexibility index (Phi) is 18.5. The molecular formula is C52H72N2O3. The number of anilines is 1. The molecule has 4 unspecified atom stereocenters. The van der Waals surface area contributed by atoms with Gasteiger partial charge >= 0.3 is 5.97 Å². The Morgan fingerprint density at radius 3 is 1.98 bits per heavy atom. The molecule has 0 bridgehead atoms. The molecule has 0 aromatic heterocycles. The third-order valence-corrected chi connectivity index (χ3v) is 14.5. The van der Waals surface area contributed by atoms with Crippen LogP contribution in [0.2, 0.25) is 0 Å². The van der Waals surface area contributed by atoms with Crippen molar-refractivity contribution >= 4 is 23.1 Å². The summed E-state index contributed by atoms with van der Waals surface area (Å²) < 4.78 is 0. The van der Waals surface area contributed by atoms with Gasteiger partial charge in [-0.05, 0) is 146 Å². The van der Waals surface area contributed by atoms with Gasteiger partial charge in [0.05, 0.1) is 11.0 Å². The topological polar surface area (TPSA) is 78.4 Å². The Hall–Kier alpha value is -4.66. The quantitative estimate of drug-likeness (QED) is 0.149. The monoisotopic (exact) mass is 773 g/mol. The Balaban J connectivity index is 0.000000935. The molecular weight excluding hydrogens is 701 g/mol. The fourth-order valence-corrected chi connectivity index (χ4v) is 12.6. The minimum atomic E-state index is -0.868. The number of carboxylic acid groups (broad SMARTS) is 1. The van der Waals surface area contributed by atoms with Gasteiger partial charge in [0.2, 0.25) is 5.91 Å². The van der Waals surface area contributed by atoms with E-state index in [2.05, 4.69) is 102 Å². The molecule has 2 aromatic carbocycles. The zero-order chi connectivity index (χ0) is 43.0. The summed E-state index contributed by atoms with van der Waals surface area (Å²) in [5.41, 5.74) is 4.45. The van der Waals surface area contributed by atoms with Gasteiger partial charge in [0.1, 0.15) is 0 Å². The number of carbonyl (C=O) groups is 2. The van der Waals surface area contributed by atoms with Gasteiger partial charge in [-0.3, -0.25) is 4.79 Å². The molecule has 4 fully saturated rings. The van der Waals surface area contributed by atoms with Crippen molar-refractivity contribution in [1.29, 1.82) is 0 Å². The molecule has 0 spiro atoms. The summed E-state index contributed by atoms with van der Waals surface area (Å²) in [7, 11) is 0. The molecule has 5 aliphatic carbocycles. The zero-order valence-corrected chi connectivity index (χ0v) is 36.2. The second kappa shape index (κ2) is 21.8. The molecule has 5 heteroatoms. The second-order valence-corrected chi connectivity index (χ2v) is 17.1. The molecule has 4 saturated carbocycles. The lowest BCUT2D eigenvalue weighted by atomic mass is 9.36. The number of hydrogen-bond acceptors (Lipinski definition) is 3. The van der Waals surface area contributed by atoms with Crippen molar-refractivity contribution < 1.29 is 14.7 Å². The van der Waals surface area contributed by atoms with Gasteiger partial charge in [0, 0.05) is 18.8 Å². The zero-order valence-electron chi connectivity index (χ0n) is 36.2. The standard InChI is InChI=1S/C41H54N2O3.C3H6.C2H6.3C2H2/c1-38(2)31(27-12-14-28(15-13-27)36(44)45)18-22-40(4)34(38)20-23-39(3)32-19-24-41(21-8-11-33(41)30(32)16-17-35(39)40)37(46)43-26-25-42-29-9-6-5-7-10-29;1-3-2;4*1-2/h5-7,9-10,12-15,18,30,32-35,42H,8,11,16-17,19-26H2,1-4H3,(H,43,46)(H,44,45);3H,1H2,2H3;1-2H3;3*1-2H/t30-,32?,33?,34?,35?,39-,40-,41-;;;;;/m0...../s1. The SMILES string of the molecule is C#C.C#C.C#C.C=CC.CC.CC1(C)C(c2ccc(C(=O)O)cc2)=CC[C@@]2(C)C1CC[C@@]1(C)C3CC[C@@]4(C(=O)NCCNc5ccccc5)CCCC4[C@H]3CCC12. The third-order valence-electron chi connectivity index (χ3n) is 14.5. The van der Waals surface area contributed by atoms with E-state index in [9.17, 15) is 14.7 Å². The maximum Gasteiger partial charge on any atom is 0.335 e. The van der Waals surface area contributed by atoms with Crippen LogP contribution in [0, 0.1) is 89.8 Å². The summed E-state index contributed by atoms with van der Waals surface area (Å²) in [6.45, 7) is 20.8. The number of hydrogen-bond donors (Lipinski definition) is 3. The van der Waals surface area contributed by atoms with Crippen molar-refractivity contribution in [1.82, 2.24) is 5.32 Å². The van der Waals surface area contributed by atoms with Crippen LogP contribution in [0.25, 0.3) is 5.57 Å². The maximum atomic E-state index is 14.0. The number of terminal acetylenes is 3. The van der Waals surface area contributed by atoms with Crippen LogP contribution in [-0.2, 0) is 4.79 Å². The molecule has 1 amide bonds. The Morgan fingerprint density at radius 1 is 0.772 bits per heavy atom. The number of carboxylic acids is 1. The number of amides is 1. The highest BCUT2D eigenvalue weighted by atomic mass is 16.4. The predicted molar refractivity (Wildman–Crippen MR) is 242 cm³/mol. The van der Waals surface area contributed by atoms with E-state index in [0.29, 0.717) is 53.0 Å². The summed E-state index contributed by atoms with van der Waals surface area (Å²) in [6.07, 6.45) is 40.2. The molecule has 2 aromatic rings. The van der Waals surface area contributed by atoms with Crippen molar-refractivity contribution in [3.05, 3.63) is 84.5 Å². The lowest BCUT2D eigenvalue weighted by molar-refractivity contribution is -0.181. The number of fused-ring (bicyclic) bond motifs is 7. The van der Waals surface area contributed by atoms with E-state index in [0.717, 1.165) is 31.5 Å². The molecule has 3 N–H and O–H groups in total. The van der Waals surface area contributed by atoms with Crippen LogP contribution >= 0.6 is 0 Å². The van der Waals surface area contributed by atoms with Crippen molar-refractivity contribution in [2.24, 2.45) is 51.2 Å². The normalized spacial score (nSPS) is 30.7. The van der Waals surface area contributed by atoms with E-state index in [4.69, 9.17) is 0 Å². The van der Waals surface area contributed by atoms with E-state index < -0.39 is 5.97 Å². The fraction of sp³-hybridized carbons (Fsp3) is 0.538. The minimum absolute atomic E-state index is 0.0244. The molecule has 308 valence electrons. The van der Waals surface area contributed by atoms with Crippen LogP contribution in [0.15, 0.2) is 73.3 Å². The molecule has 0 radical (unpaired) electrons. The largest absolute Gasteiger partial charge is 0.478 e. The number of aromatic carboxylic acids is 1. The summed E-state index contributed by atoms with van der Waals surface area (Å²) in [5.74, 6) is 2.66. The number of benzene rings is 2. The molecule has 0 saturated heterocycles. The average molecular weight is 773 g/mol. The van der Waals surface area contributed by atoms with E-state index in [1.165, 1.54) is 56.1 Å². The van der Waals surface area contributed by atoms with Crippen LogP contribution in [-0.4, -0.2) is 30.1 Å². The number of nitrogens with one attached hydrogen (secondary N) is 2. The average Bonchev–Trinajstić information content (AvgIpc) is 3.69. The molecule has 0 aliphatic heterocycles. The summed E-state index contributed by atoms with van der Waals surface area (Å²) >= 11 is 0. The van der Waals surface area contributed by atoms with E-state index in [1.54, 1.807) is 18.2 Å². The van der Waals surface area contributed by atoms with Crippen LogP contribution in [0.1, 0.15) is 129 Å². The van der Waals surface area contributed by atoms with Gasteiger partial charge in [0.15, 0.2) is 0 Å². The van der Waals surface area contributed by atoms with Gasteiger partial charge in [-0.15, -0.1) is 45.1 Å². The number of carbonyl (C=O) groups excluding carboxylic acids is 1. The fourth-order valence-electron chi connectivity index (χ4n) is 12.6. The Labute approximate surface area is 347 Å². The van der Waals surface area contributed by atoms with Gasteiger partial charge < -0.3 is 15.7 Å². The van der Waals surface area contributed by atoms with Crippen molar-refractivity contribution in [2.75, 3.05) is 18.4 Å². The Morgan fingerprint density at radius 2 is 1.39 bits per heavy atom. The van der Waals surface area contributed by atoms with Crippen molar-refractivity contribution in [3.8, 4) is 38.5 Å². The smallest absolute Gasteiger partial charge is 0.335 e. The number of rotatable bonds is 7. The van der Waals surface area contributed by atoms with E-state index >= 15 is 0 Å². The summed E-state index contributed by atoms with van der Waals surface area (Å²) in [5, 5.41) is 16.3. The highest BCUT2D eigenvalue weighted by Crippen LogP contribution is 2.73. The molecule has 5 aliphatic rings. The van der Waals surface area contributed by atoms with Crippen LogP contribution in [0.3, 0.4) is 0 Å². The summed E-state index contributed by atoms with van der Waals surface area (Å²) in [4.78, 5) is 25.5. The van der Waals surface area contributed by atoms with Crippen LogP contribution < -0.4 is 10.6 Å². The molecule has 8 atom stereocenters. The van der Waals surface area contributed by atoms with E-state index in [1.807, 2.05) is 51.1 Å². The molecule has 7 rings (SSSR count). The predicted octanol–water partition coefficient (Wildman–Crippen LogP) is 12.0. The number of para-hydroxylation sites is 1. The van der Waals surface area contributed by atoms with Crippen LogP contribution in [0.5, 0.6) is 0 Å². The van der Waals surface area contributed by atoms with Crippen LogP contribution in [0.4, 0.5) is 5.69 Å². The minimum Gasteiger partial charge on any atom is -0.478 e. The maximum absolute atomic E-state index is 14.0.